The first-order valence-corrected chi connectivity index (χ1v) is 6.82. The van der Waals surface area contributed by atoms with Gasteiger partial charge in [-0.05, 0) is 37.5 Å². The molecule has 2 nitrogen and oxygen atoms in total. The van der Waals surface area contributed by atoms with E-state index in [0.717, 1.165) is 6.54 Å². The zero-order valence-corrected chi connectivity index (χ0v) is 11.7. The normalized spacial score (nSPS) is 11.3. The summed E-state index contributed by atoms with van der Waals surface area (Å²) < 4.78 is 2.38. The Balaban J connectivity index is 2.59. The van der Waals surface area contributed by atoms with E-state index < -0.39 is 0 Å². The molecule has 96 valence electrons. The molecule has 1 aromatic carbocycles. The molecule has 0 saturated heterocycles. The lowest BCUT2D eigenvalue weighted by Gasteiger charge is -2.09. The number of H-pyrrole nitrogens is 1. The van der Waals surface area contributed by atoms with Crippen molar-refractivity contribution in [3.8, 4) is 0 Å². The predicted octanol–water partition coefficient (Wildman–Crippen LogP) is 3.94. The smallest absolute Gasteiger partial charge is 0.241 e. The third kappa shape index (κ3) is 2.33. The van der Waals surface area contributed by atoms with Crippen molar-refractivity contribution in [1.82, 2.24) is 4.98 Å². The molecule has 0 radical (unpaired) electrons. The van der Waals surface area contributed by atoms with Crippen LogP contribution in [0.5, 0.6) is 0 Å². The Morgan fingerprint density at radius 2 is 1.94 bits per heavy atom. The molecule has 0 fully saturated rings. The quantitative estimate of drug-likeness (QED) is 0.606. The summed E-state index contributed by atoms with van der Waals surface area (Å²) in [5.74, 6) is 1.93. The SMILES string of the molecule is C=C(C)C[n+]1c(C(CC)CC)[nH]c2ccccc21. The molecule has 0 aliphatic rings. The van der Waals surface area contributed by atoms with Crippen molar-refractivity contribution in [3.05, 3.63) is 42.2 Å². The number of para-hydroxylation sites is 2. The highest BCUT2D eigenvalue weighted by atomic mass is 15.1. The van der Waals surface area contributed by atoms with Crippen molar-refractivity contribution in [3.63, 3.8) is 0 Å². The second-order valence-corrected chi connectivity index (χ2v) is 5.08. The van der Waals surface area contributed by atoms with Crippen molar-refractivity contribution in [2.45, 2.75) is 46.1 Å². The first-order chi connectivity index (χ1) is 8.67. The van der Waals surface area contributed by atoms with Gasteiger partial charge < -0.3 is 0 Å². The van der Waals surface area contributed by atoms with E-state index in [0.29, 0.717) is 5.92 Å². The number of benzene rings is 1. The molecular weight excluding hydrogens is 220 g/mol. The highest BCUT2D eigenvalue weighted by molar-refractivity contribution is 5.71. The predicted molar refractivity (Wildman–Crippen MR) is 76.6 cm³/mol. The van der Waals surface area contributed by atoms with Crippen LogP contribution in [-0.2, 0) is 6.54 Å². The van der Waals surface area contributed by atoms with Crippen LogP contribution in [0.2, 0.25) is 0 Å². The zero-order valence-electron chi connectivity index (χ0n) is 11.7. The summed E-state index contributed by atoms with van der Waals surface area (Å²) in [4.78, 5) is 3.59. The number of nitrogens with zero attached hydrogens (tertiary/aromatic N) is 1. The first-order valence-electron chi connectivity index (χ1n) is 6.82. The van der Waals surface area contributed by atoms with Gasteiger partial charge in [0.25, 0.3) is 5.82 Å². The molecule has 0 saturated carbocycles. The van der Waals surface area contributed by atoms with Gasteiger partial charge in [0.15, 0.2) is 11.0 Å². The fraction of sp³-hybridized carbons (Fsp3) is 0.438. The zero-order chi connectivity index (χ0) is 13.1. The molecule has 1 heterocycles. The molecule has 0 aliphatic carbocycles. The minimum absolute atomic E-state index is 0.594. The van der Waals surface area contributed by atoms with Crippen LogP contribution in [0, 0.1) is 0 Å². The minimum Gasteiger partial charge on any atom is -0.241 e. The maximum atomic E-state index is 4.05. The van der Waals surface area contributed by atoms with Crippen LogP contribution in [-0.4, -0.2) is 4.98 Å². The molecule has 2 rings (SSSR count). The molecular formula is C16H23N2+. The number of allylic oxidation sites excluding steroid dienone is 1. The van der Waals surface area contributed by atoms with Crippen LogP contribution in [0.25, 0.3) is 11.0 Å². The Hall–Kier alpha value is -1.57. The van der Waals surface area contributed by atoms with Crippen LogP contribution in [0.3, 0.4) is 0 Å². The molecule has 1 aromatic heterocycles. The van der Waals surface area contributed by atoms with E-state index in [9.17, 15) is 0 Å². The van der Waals surface area contributed by atoms with E-state index in [2.05, 4.69) is 61.2 Å². The average molecular weight is 243 g/mol. The van der Waals surface area contributed by atoms with Gasteiger partial charge in [-0.3, -0.25) is 0 Å². The molecule has 0 unspecified atom stereocenters. The molecule has 1 N–H and O–H groups in total. The number of hydrogen-bond donors (Lipinski definition) is 1. The fourth-order valence-electron chi connectivity index (χ4n) is 2.59. The summed E-state index contributed by atoms with van der Waals surface area (Å²) in [6, 6.07) is 8.51. The van der Waals surface area contributed by atoms with Crippen molar-refractivity contribution in [2.24, 2.45) is 0 Å². The third-order valence-electron chi connectivity index (χ3n) is 3.55. The lowest BCUT2D eigenvalue weighted by atomic mass is 10.0. The van der Waals surface area contributed by atoms with E-state index in [4.69, 9.17) is 0 Å². The third-order valence-corrected chi connectivity index (χ3v) is 3.55. The van der Waals surface area contributed by atoms with Gasteiger partial charge in [0.1, 0.15) is 6.54 Å². The lowest BCUT2D eigenvalue weighted by Crippen LogP contribution is -2.38. The highest BCUT2D eigenvalue weighted by Gasteiger charge is 2.24. The van der Waals surface area contributed by atoms with Gasteiger partial charge in [-0.2, -0.15) is 0 Å². The second-order valence-electron chi connectivity index (χ2n) is 5.08. The van der Waals surface area contributed by atoms with Crippen LogP contribution in [0.4, 0.5) is 0 Å². The Labute approximate surface area is 109 Å². The van der Waals surface area contributed by atoms with Gasteiger partial charge in [-0.15, -0.1) is 0 Å². The van der Waals surface area contributed by atoms with Crippen LogP contribution in [0.1, 0.15) is 45.4 Å². The Morgan fingerprint density at radius 1 is 1.28 bits per heavy atom. The van der Waals surface area contributed by atoms with Gasteiger partial charge in [0, 0.05) is 0 Å². The van der Waals surface area contributed by atoms with Crippen LogP contribution in [0.15, 0.2) is 36.4 Å². The summed E-state index contributed by atoms with van der Waals surface area (Å²) in [5.41, 5.74) is 3.69. The fourth-order valence-corrected chi connectivity index (χ4v) is 2.59. The lowest BCUT2D eigenvalue weighted by molar-refractivity contribution is -0.672. The molecule has 0 amide bonds. The number of aromatic amines is 1. The second kappa shape index (κ2) is 5.38. The number of rotatable bonds is 5. The first kappa shape index (κ1) is 12.9. The van der Waals surface area contributed by atoms with Crippen molar-refractivity contribution in [1.29, 1.82) is 0 Å². The molecule has 2 aromatic rings. The standard InChI is InChI=1S/C16H22N2/c1-5-13(6-2)16-17-14-9-7-8-10-15(14)18(16)11-12(3)4/h7-10,13H,3,5-6,11H2,1-2,4H3/p+1. The monoisotopic (exact) mass is 243 g/mol. The van der Waals surface area contributed by atoms with Gasteiger partial charge in [-0.1, -0.05) is 32.6 Å². The Kier molecular flexibility index (Phi) is 3.85. The number of fused-ring (bicyclic) bond motifs is 1. The molecule has 0 aliphatic heterocycles. The number of nitrogens with one attached hydrogen (secondary N) is 1. The number of imidazole rings is 1. The molecule has 18 heavy (non-hydrogen) atoms. The van der Waals surface area contributed by atoms with Gasteiger partial charge in [0.05, 0.1) is 5.92 Å². The van der Waals surface area contributed by atoms with Crippen molar-refractivity contribution >= 4 is 11.0 Å². The van der Waals surface area contributed by atoms with Crippen molar-refractivity contribution in [2.75, 3.05) is 0 Å². The summed E-state index contributed by atoms with van der Waals surface area (Å²) in [7, 11) is 0. The van der Waals surface area contributed by atoms with E-state index in [1.807, 2.05) is 0 Å². The summed E-state index contributed by atoms with van der Waals surface area (Å²) in [6.07, 6.45) is 2.33. The summed E-state index contributed by atoms with van der Waals surface area (Å²) >= 11 is 0. The summed E-state index contributed by atoms with van der Waals surface area (Å²) in [5, 5.41) is 0. The average Bonchev–Trinajstić information content (AvgIpc) is 2.70. The highest BCUT2D eigenvalue weighted by Crippen LogP contribution is 2.22. The van der Waals surface area contributed by atoms with E-state index in [-0.39, 0.29) is 0 Å². The van der Waals surface area contributed by atoms with E-state index >= 15 is 0 Å². The Bertz CT molecular complexity index is 547. The van der Waals surface area contributed by atoms with Gasteiger partial charge in [-0.25, -0.2) is 9.55 Å². The number of hydrogen-bond acceptors (Lipinski definition) is 0. The topological polar surface area (TPSA) is 19.7 Å². The van der Waals surface area contributed by atoms with Crippen LogP contribution >= 0.6 is 0 Å². The van der Waals surface area contributed by atoms with Crippen molar-refractivity contribution < 1.29 is 4.57 Å². The Morgan fingerprint density at radius 3 is 2.56 bits per heavy atom. The molecule has 0 spiro atoms. The molecule has 0 atom stereocenters. The molecule has 0 bridgehead atoms. The number of aromatic nitrogens is 2. The summed E-state index contributed by atoms with van der Waals surface area (Å²) in [6.45, 7) is 11.6. The van der Waals surface area contributed by atoms with E-state index in [1.165, 1.54) is 35.3 Å². The van der Waals surface area contributed by atoms with E-state index in [1.54, 1.807) is 0 Å². The molecule has 2 heteroatoms. The minimum atomic E-state index is 0.594. The largest absolute Gasteiger partial charge is 0.258 e. The van der Waals surface area contributed by atoms with Gasteiger partial charge >= 0.3 is 0 Å². The maximum Gasteiger partial charge on any atom is 0.258 e. The van der Waals surface area contributed by atoms with Gasteiger partial charge in [0.2, 0.25) is 0 Å². The van der Waals surface area contributed by atoms with Crippen LogP contribution < -0.4 is 4.57 Å². The maximum absolute atomic E-state index is 4.05.